The van der Waals surface area contributed by atoms with Gasteiger partial charge < -0.3 is 9.47 Å². The summed E-state index contributed by atoms with van der Waals surface area (Å²) in [5.74, 6) is -0.0868. The predicted octanol–water partition coefficient (Wildman–Crippen LogP) is 2.60. The van der Waals surface area contributed by atoms with E-state index in [1.54, 1.807) is 29.4 Å². The maximum absolute atomic E-state index is 13.3. The summed E-state index contributed by atoms with van der Waals surface area (Å²) in [6.07, 6.45) is 4.10. The number of aromatic nitrogens is 2. The third-order valence-electron chi connectivity index (χ3n) is 5.34. The summed E-state index contributed by atoms with van der Waals surface area (Å²) in [6.45, 7) is 4.41. The van der Waals surface area contributed by atoms with E-state index in [9.17, 15) is 13.2 Å². The molecule has 3 aromatic rings. The molecule has 8 heteroatoms. The van der Waals surface area contributed by atoms with Gasteiger partial charge >= 0.3 is 0 Å². The van der Waals surface area contributed by atoms with E-state index in [0.717, 1.165) is 28.3 Å². The standard InChI is InChI=1S/C21H22N4O3S/c1-14-11-19(15(2)25(14)17-5-4-9-23-13-17)21(26)24-10-8-16-12-18(6-7-20(16)24)29(27,28)22-3/h4-7,9,11-13,22H,8,10H2,1-3H3. The van der Waals surface area contributed by atoms with Crippen molar-refractivity contribution in [1.29, 1.82) is 0 Å². The molecule has 0 saturated carbocycles. The van der Waals surface area contributed by atoms with Gasteiger partial charge in [-0.15, -0.1) is 0 Å². The molecule has 3 heterocycles. The molecular weight excluding hydrogens is 388 g/mol. The van der Waals surface area contributed by atoms with Crippen LogP contribution >= 0.6 is 0 Å². The predicted molar refractivity (Wildman–Crippen MR) is 111 cm³/mol. The van der Waals surface area contributed by atoms with Crippen LogP contribution in [0.1, 0.15) is 27.3 Å². The Kier molecular flexibility index (Phi) is 4.76. The van der Waals surface area contributed by atoms with Gasteiger partial charge in [-0.3, -0.25) is 9.78 Å². The monoisotopic (exact) mass is 410 g/mol. The van der Waals surface area contributed by atoms with Crippen molar-refractivity contribution in [2.75, 3.05) is 18.5 Å². The molecule has 1 aliphatic heterocycles. The van der Waals surface area contributed by atoms with Crippen LogP contribution < -0.4 is 9.62 Å². The molecule has 0 saturated heterocycles. The van der Waals surface area contributed by atoms with Gasteiger partial charge in [0.2, 0.25) is 10.0 Å². The Labute approximate surface area is 170 Å². The van der Waals surface area contributed by atoms with Crippen molar-refractivity contribution in [3.8, 4) is 5.69 Å². The number of hydrogen-bond donors (Lipinski definition) is 1. The number of nitrogens with one attached hydrogen (secondary N) is 1. The van der Waals surface area contributed by atoms with Gasteiger partial charge in [0.1, 0.15) is 0 Å². The third kappa shape index (κ3) is 3.24. The number of hydrogen-bond acceptors (Lipinski definition) is 4. The number of carbonyl (C=O) groups excluding carboxylic acids is 1. The molecule has 2 aromatic heterocycles. The van der Waals surface area contributed by atoms with E-state index in [0.29, 0.717) is 18.5 Å². The first-order valence-electron chi connectivity index (χ1n) is 9.31. The summed E-state index contributed by atoms with van der Waals surface area (Å²) in [6, 6.07) is 10.6. The number of amides is 1. The van der Waals surface area contributed by atoms with Gasteiger partial charge in [-0.1, -0.05) is 0 Å². The summed E-state index contributed by atoms with van der Waals surface area (Å²) in [7, 11) is -2.13. The van der Waals surface area contributed by atoms with E-state index < -0.39 is 10.0 Å². The maximum Gasteiger partial charge on any atom is 0.260 e. The first-order valence-corrected chi connectivity index (χ1v) is 10.8. The number of anilines is 1. The van der Waals surface area contributed by atoms with Crippen molar-refractivity contribution >= 4 is 21.6 Å². The average Bonchev–Trinajstić information content (AvgIpc) is 3.28. The highest BCUT2D eigenvalue weighted by Crippen LogP contribution is 2.32. The Balaban J connectivity index is 1.70. The summed E-state index contributed by atoms with van der Waals surface area (Å²) in [5.41, 5.74) is 4.96. The summed E-state index contributed by atoms with van der Waals surface area (Å²) < 4.78 is 28.5. The average molecular weight is 410 g/mol. The van der Waals surface area contributed by atoms with Crippen LogP contribution in [-0.4, -0.2) is 37.5 Å². The molecule has 0 bridgehead atoms. The summed E-state index contributed by atoms with van der Waals surface area (Å²) >= 11 is 0. The van der Waals surface area contributed by atoms with Crippen LogP contribution in [0, 0.1) is 13.8 Å². The lowest BCUT2D eigenvalue weighted by atomic mass is 10.1. The van der Waals surface area contributed by atoms with Crippen LogP contribution in [-0.2, 0) is 16.4 Å². The largest absolute Gasteiger partial charge is 0.316 e. The zero-order chi connectivity index (χ0) is 20.8. The number of nitrogens with zero attached hydrogens (tertiary/aromatic N) is 3. The fraction of sp³-hybridized carbons (Fsp3) is 0.238. The van der Waals surface area contributed by atoms with Crippen LogP contribution in [0.15, 0.2) is 53.7 Å². The topological polar surface area (TPSA) is 84.3 Å². The van der Waals surface area contributed by atoms with Gasteiger partial charge in [-0.05, 0) is 69.3 Å². The molecule has 0 atom stereocenters. The van der Waals surface area contributed by atoms with Crippen molar-refractivity contribution in [2.24, 2.45) is 0 Å². The lowest BCUT2D eigenvalue weighted by molar-refractivity contribution is 0.0989. The Morgan fingerprint density at radius 3 is 2.66 bits per heavy atom. The summed E-state index contributed by atoms with van der Waals surface area (Å²) in [4.78, 5) is 19.4. The van der Waals surface area contributed by atoms with Crippen LogP contribution in [0.5, 0.6) is 0 Å². The highest BCUT2D eigenvalue weighted by atomic mass is 32.2. The van der Waals surface area contributed by atoms with E-state index in [2.05, 4.69) is 9.71 Å². The molecule has 1 aliphatic rings. The highest BCUT2D eigenvalue weighted by molar-refractivity contribution is 7.89. The number of benzene rings is 1. The molecular formula is C21H22N4O3S. The molecule has 0 aliphatic carbocycles. The quantitative estimate of drug-likeness (QED) is 0.717. The van der Waals surface area contributed by atoms with Crippen LogP contribution in [0.4, 0.5) is 5.69 Å². The smallest absolute Gasteiger partial charge is 0.260 e. The SMILES string of the molecule is CNS(=O)(=O)c1ccc2c(c1)CCN2C(=O)c1cc(C)n(-c2cccnc2)c1C. The molecule has 1 amide bonds. The Morgan fingerprint density at radius 2 is 1.97 bits per heavy atom. The van der Waals surface area contributed by atoms with Gasteiger partial charge in [0.15, 0.2) is 0 Å². The van der Waals surface area contributed by atoms with Crippen molar-refractivity contribution < 1.29 is 13.2 Å². The van der Waals surface area contributed by atoms with Crippen LogP contribution in [0.2, 0.25) is 0 Å². The fourth-order valence-electron chi connectivity index (χ4n) is 3.88. The highest BCUT2D eigenvalue weighted by Gasteiger charge is 2.29. The molecule has 0 radical (unpaired) electrons. The van der Waals surface area contributed by atoms with Crippen molar-refractivity contribution in [3.63, 3.8) is 0 Å². The van der Waals surface area contributed by atoms with Gasteiger partial charge in [-0.25, -0.2) is 13.1 Å². The van der Waals surface area contributed by atoms with E-state index >= 15 is 0 Å². The van der Waals surface area contributed by atoms with Crippen LogP contribution in [0.3, 0.4) is 0 Å². The lowest BCUT2D eigenvalue weighted by Crippen LogP contribution is -2.29. The third-order valence-corrected chi connectivity index (χ3v) is 6.75. The molecule has 0 unspecified atom stereocenters. The zero-order valence-electron chi connectivity index (χ0n) is 16.5. The number of fused-ring (bicyclic) bond motifs is 1. The molecule has 0 fully saturated rings. The number of sulfonamides is 1. The number of rotatable bonds is 4. The minimum atomic E-state index is -3.51. The molecule has 150 valence electrons. The summed E-state index contributed by atoms with van der Waals surface area (Å²) in [5, 5.41) is 0. The second kappa shape index (κ2) is 7.13. The Hall–Kier alpha value is -2.97. The van der Waals surface area contributed by atoms with Gasteiger partial charge in [-0.2, -0.15) is 0 Å². The van der Waals surface area contributed by atoms with E-state index in [1.807, 2.05) is 36.6 Å². The van der Waals surface area contributed by atoms with E-state index in [-0.39, 0.29) is 10.8 Å². The molecule has 1 aromatic carbocycles. The number of carbonyl (C=O) groups is 1. The molecule has 1 N–H and O–H groups in total. The van der Waals surface area contributed by atoms with Gasteiger partial charge in [0.05, 0.1) is 22.3 Å². The van der Waals surface area contributed by atoms with Crippen molar-refractivity contribution in [3.05, 3.63) is 71.3 Å². The first-order chi connectivity index (χ1) is 13.8. The Bertz CT molecular complexity index is 1200. The van der Waals surface area contributed by atoms with Gasteiger partial charge in [0, 0.05) is 29.8 Å². The first kappa shape index (κ1) is 19.4. The van der Waals surface area contributed by atoms with Crippen LogP contribution in [0.25, 0.3) is 5.69 Å². The minimum absolute atomic E-state index is 0.0868. The molecule has 29 heavy (non-hydrogen) atoms. The maximum atomic E-state index is 13.3. The van der Waals surface area contributed by atoms with Crippen molar-refractivity contribution in [1.82, 2.24) is 14.3 Å². The zero-order valence-corrected chi connectivity index (χ0v) is 17.3. The van der Waals surface area contributed by atoms with Gasteiger partial charge in [0.25, 0.3) is 5.91 Å². The lowest BCUT2D eigenvalue weighted by Gasteiger charge is -2.18. The normalized spacial score (nSPS) is 13.6. The Morgan fingerprint density at radius 1 is 1.17 bits per heavy atom. The van der Waals surface area contributed by atoms with E-state index in [4.69, 9.17) is 0 Å². The molecule has 7 nitrogen and oxygen atoms in total. The second-order valence-corrected chi connectivity index (χ2v) is 8.92. The number of aryl methyl sites for hydroxylation is 1. The van der Waals surface area contributed by atoms with Crippen molar-refractivity contribution in [2.45, 2.75) is 25.2 Å². The minimum Gasteiger partial charge on any atom is -0.316 e. The van der Waals surface area contributed by atoms with E-state index in [1.165, 1.54) is 13.1 Å². The fourth-order valence-corrected chi connectivity index (χ4v) is 4.66. The molecule has 0 spiro atoms. The second-order valence-electron chi connectivity index (χ2n) is 7.04. The number of pyridine rings is 1. The molecule has 4 rings (SSSR count).